The second-order valence-electron chi connectivity index (χ2n) is 17.7. The van der Waals surface area contributed by atoms with Crippen LogP contribution in [-0.2, 0) is 28.7 Å². The molecule has 8 aromatic rings. The maximum atomic E-state index is 14.7. The molecule has 0 saturated heterocycles. The molecule has 4 heterocycles. The average Bonchev–Trinajstić information content (AvgIpc) is 4.07. The van der Waals surface area contributed by atoms with Gasteiger partial charge in [0.05, 0.1) is 35.8 Å². The summed E-state index contributed by atoms with van der Waals surface area (Å²) in [6, 6.07) is 54.7. The number of benzene rings is 6. The van der Waals surface area contributed by atoms with Crippen LogP contribution in [0.4, 0.5) is 9.59 Å². The van der Waals surface area contributed by atoms with E-state index < -0.39 is 21.9 Å². The molecule has 0 bridgehead atoms. The standard InChI is InChI=1S/C46H36N4O4P2.C5H11NO2.C5H9NO2.2CO2/c51-39-35-25-13-14-26-36(35)40(52)48-44(32-19-7-2-8-20-32)55(43(47(39)48)31-17-5-1-6-18-31)29-30-56-45(33-21-9-3-10-22-33)49-41(53)37-27-15-16-28-38(37)42(54)50(49)46(56)34-23-11-4-12-24-34;2*1-4(2)6-5(7)8-3;2*2-1-3/h1-28,43-46H,29-30H2;4H,1-3H3,(H,6,7);1H2,2-3H3,(H,6,7);;/t43-,44-,45-,46-;;;;/m0..../s1. The number of allylic oxidation sites excluding steroid dienone is 1. The van der Waals surface area contributed by atoms with E-state index in [1.807, 2.05) is 111 Å². The quantitative estimate of drug-likeness (QED) is 0.129. The average molecular weight is 1090 g/mol. The molecule has 0 fully saturated rings. The molecular weight excluding hydrogens is 1030 g/mol. The summed E-state index contributed by atoms with van der Waals surface area (Å²) in [7, 11) is 0.262. The second-order valence-corrected chi connectivity index (χ2v) is 22.6. The maximum Gasteiger partial charge on any atom is 0.411 e. The molecule has 0 unspecified atom stereocenters. The first-order chi connectivity index (χ1) is 37.7. The summed E-state index contributed by atoms with van der Waals surface area (Å²) in [5.41, 5.74) is 3.73. The number of nitrogens with zero attached hydrogens (tertiary/aromatic N) is 4. The van der Waals surface area contributed by atoms with Crippen LogP contribution in [0.5, 0.6) is 0 Å². The van der Waals surface area contributed by atoms with Crippen LogP contribution in [0.15, 0.2) is 201 Å². The lowest BCUT2D eigenvalue weighted by atomic mass is 10.2. The van der Waals surface area contributed by atoms with Crippen LogP contribution in [0, 0.1) is 0 Å². The van der Waals surface area contributed by atoms with E-state index >= 15 is 0 Å². The van der Waals surface area contributed by atoms with E-state index in [0.29, 0.717) is 39.6 Å². The number of fused-ring (bicyclic) bond motifs is 4. The summed E-state index contributed by atoms with van der Waals surface area (Å²) in [6.45, 7) is 8.85. The molecule has 20 heteroatoms. The topological polar surface area (TPSA) is 233 Å². The molecule has 18 nitrogen and oxygen atoms in total. The van der Waals surface area contributed by atoms with Crippen molar-refractivity contribution >= 4 is 61.9 Å². The van der Waals surface area contributed by atoms with E-state index in [1.54, 1.807) is 49.9 Å². The third-order valence-corrected chi connectivity index (χ3v) is 18.8. The largest absolute Gasteiger partial charge is 0.453 e. The highest BCUT2D eigenvalue weighted by Crippen LogP contribution is 2.71. The van der Waals surface area contributed by atoms with E-state index in [2.05, 4.69) is 75.2 Å². The van der Waals surface area contributed by atoms with Crippen LogP contribution in [0.1, 0.15) is 66.2 Å². The predicted molar refractivity (Wildman–Crippen MR) is 298 cm³/mol. The van der Waals surface area contributed by atoms with E-state index in [4.69, 9.17) is 19.2 Å². The molecule has 0 radical (unpaired) electrons. The molecule has 2 aromatic heterocycles. The minimum atomic E-state index is -1.19. The molecule has 400 valence electrons. The number of carbonyl (C=O) groups excluding carboxylic acids is 6. The monoisotopic (exact) mass is 1090 g/mol. The van der Waals surface area contributed by atoms with Gasteiger partial charge in [-0.1, -0.05) is 152 Å². The van der Waals surface area contributed by atoms with Crippen LogP contribution < -0.4 is 32.9 Å². The summed E-state index contributed by atoms with van der Waals surface area (Å²) in [5, 5.41) is 6.51. The van der Waals surface area contributed by atoms with E-state index in [0.717, 1.165) is 22.3 Å². The van der Waals surface area contributed by atoms with Gasteiger partial charge in [0, 0.05) is 11.7 Å². The number of rotatable bonds is 9. The molecule has 2 N–H and O–H groups in total. The molecule has 2 aliphatic rings. The van der Waals surface area contributed by atoms with Crippen molar-refractivity contribution < 1.29 is 38.2 Å². The Kier molecular flexibility index (Phi) is 20.8. The van der Waals surface area contributed by atoms with Crippen LogP contribution in [0.3, 0.4) is 0 Å². The molecule has 10 rings (SSSR count). The van der Waals surface area contributed by atoms with Crippen molar-refractivity contribution in [2.45, 2.75) is 49.9 Å². The Labute approximate surface area is 450 Å². The molecule has 0 saturated carbocycles. The fourth-order valence-electron chi connectivity index (χ4n) is 9.41. The number of alkyl carbamates (subject to hydrolysis) is 2. The zero-order valence-corrected chi connectivity index (χ0v) is 45.0. The van der Waals surface area contributed by atoms with Gasteiger partial charge >= 0.3 is 24.5 Å². The van der Waals surface area contributed by atoms with Crippen LogP contribution in [-0.4, -0.2) is 75.8 Å². The zero-order chi connectivity index (χ0) is 56.5. The van der Waals surface area contributed by atoms with Crippen molar-refractivity contribution in [3.05, 3.63) is 246 Å². The fourth-order valence-corrected chi connectivity index (χ4v) is 17.0. The minimum absolute atomic E-state index is 0.155. The second kappa shape index (κ2) is 27.8. The van der Waals surface area contributed by atoms with Gasteiger partial charge in [-0.25, -0.2) is 28.3 Å². The lowest BCUT2D eigenvalue weighted by molar-refractivity contribution is -0.193. The van der Waals surface area contributed by atoms with Crippen molar-refractivity contribution in [2.75, 3.05) is 26.5 Å². The van der Waals surface area contributed by atoms with Crippen molar-refractivity contribution in [3.63, 3.8) is 0 Å². The van der Waals surface area contributed by atoms with Gasteiger partial charge < -0.3 is 14.8 Å². The number of aromatic nitrogens is 4. The highest BCUT2D eigenvalue weighted by atomic mass is 31.1. The molecule has 2 aliphatic heterocycles. The summed E-state index contributed by atoms with van der Waals surface area (Å²) >= 11 is 0. The molecule has 6 aromatic carbocycles. The molecule has 0 aliphatic carbocycles. The fraction of sp³-hybridized carbons (Fsp3) is 0.207. The van der Waals surface area contributed by atoms with E-state index in [9.17, 15) is 28.8 Å². The molecule has 78 heavy (non-hydrogen) atoms. The third kappa shape index (κ3) is 13.0. The van der Waals surface area contributed by atoms with Gasteiger partial charge in [0.25, 0.3) is 22.2 Å². The lowest BCUT2D eigenvalue weighted by Gasteiger charge is -2.30. The number of amides is 2. The van der Waals surface area contributed by atoms with Crippen molar-refractivity contribution in [3.8, 4) is 0 Å². The normalized spacial score (nSPS) is 15.8. The Balaban J connectivity index is 0.000000380. The first-order valence-corrected chi connectivity index (χ1v) is 27.6. The third-order valence-electron chi connectivity index (χ3n) is 12.4. The number of carbonyl (C=O) groups is 2. The highest BCUT2D eigenvalue weighted by Gasteiger charge is 2.48. The number of ether oxygens (including phenoxy) is 2. The van der Waals surface area contributed by atoms with Gasteiger partial charge in [0.2, 0.25) is 0 Å². The van der Waals surface area contributed by atoms with Gasteiger partial charge in [-0.3, -0.25) is 24.5 Å². The minimum Gasteiger partial charge on any atom is -0.453 e. The first-order valence-electron chi connectivity index (χ1n) is 24.3. The van der Waals surface area contributed by atoms with E-state index in [-0.39, 0.29) is 69.8 Å². The van der Waals surface area contributed by atoms with Crippen LogP contribution in [0.2, 0.25) is 0 Å². The number of methoxy groups -OCH3 is 2. The summed E-state index contributed by atoms with van der Waals surface area (Å²) in [5.74, 6) is -1.56. The van der Waals surface area contributed by atoms with E-state index in [1.165, 1.54) is 14.2 Å². The van der Waals surface area contributed by atoms with Crippen LogP contribution in [0.25, 0.3) is 21.5 Å². The van der Waals surface area contributed by atoms with Crippen molar-refractivity contribution in [2.24, 2.45) is 0 Å². The number of hydrogen-bond donors (Lipinski definition) is 2. The molecule has 2 amide bonds. The Hall–Kier alpha value is -8.90. The Bertz CT molecular complexity index is 3270. The van der Waals surface area contributed by atoms with Gasteiger partial charge in [0.15, 0.2) is 0 Å². The zero-order valence-electron chi connectivity index (χ0n) is 43.3. The Morgan fingerprint density at radius 3 is 0.885 bits per heavy atom. The Morgan fingerprint density at radius 2 is 0.705 bits per heavy atom. The first kappa shape index (κ1) is 58.4. The summed E-state index contributed by atoms with van der Waals surface area (Å²) in [6.07, 6.45) is 0.999. The van der Waals surface area contributed by atoms with Gasteiger partial charge in [0.1, 0.15) is 23.1 Å². The van der Waals surface area contributed by atoms with Gasteiger partial charge in [-0.2, -0.15) is 19.2 Å². The number of nitrogens with one attached hydrogen (secondary N) is 2. The van der Waals surface area contributed by atoms with Gasteiger partial charge in [-0.05, 0) is 95.5 Å². The highest BCUT2D eigenvalue weighted by molar-refractivity contribution is 7.62. The van der Waals surface area contributed by atoms with Crippen molar-refractivity contribution in [1.29, 1.82) is 0 Å². The smallest absolute Gasteiger partial charge is 0.411 e. The molecular formula is C58H56N6O12P2. The maximum absolute atomic E-state index is 14.7. The SMILES string of the molecule is C=C(C)NC(=O)OC.COC(=O)NC(C)C.O=C=O.O=C=O.O=c1c2ccccc2c(=O)n2n1[C@H](c1ccccc1)P(CCP1[C@@H](c3ccccc3)n3c(=O)c4ccccc4c(=O)n3[C@@H]1c1ccccc1)[C@H]2c1ccccc1. The van der Waals surface area contributed by atoms with Crippen molar-refractivity contribution in [1.82, 2.24) is 29.4 Å². The van der Waals surface area contributed by atoms with Gasteiger partial charge in [-0.15, -0.1) is 0 Å². The Morgan fingerprint density at radius 1 is 0.474 bits per heavy atom. The van der Waals surface area contributed by atoms with Crippen LogP contribution >= 0.6 is 15.8 Å². The summed E-state index contributed by atoms with van der Waals surface area (Å²) in [4.78, 5) is 112. The summed E-state index contributed by atoms with van der Waals surface area (Å²) < 4.78 is 15.5. The lowest BCUT2D eigenvalue weighted by Crippen LogP contribution is -2.37. The predicted octanol–water partition coefficient (Wildman–Crippen LogP) is 8.98. The molecule has 0 spiro atoms. The number of hydrogen-bond acceptors (Lipinski definition) is 12. The molecule has 4 atom stereocenters.